The van der Waals surface area contributed by atoms with E-state index in [0.29, 0.717) is 18.4 Å². The van der Waals surface area contributed by atoms with Gasteiger partial charge in [0.2, 0.25) is 0 Å². The molecule has 2 aliphatic rings. The summed E-state index contributed by atoms with van der Waals surface area (Å²) in [5.74, 6) is -3.01. The summed E-state index contributed by atoms with van der Waals surface area (Å²) in [6, 6.07) is 0. The van der Waals surface area contributed by atoms with E-state index in [-0.39, 0.29) is 12.0 Å². The van der Waals surface area contributed by atoms with Gasteiger partial charge < -0.3 is 9.84 Å². The zero-order valence-electron chi connectivity index (χ0n) is 8.20. The van der Waals surface area contributed by atoms with Crippen molar-refractivity contribution >= 4 is 17.9 Å². The lowest BCUT2D eigenvalue weighted by molar-refractivity contribution is -0.162. The number of ether oxygens (including phenoxy) is 1. The number of carboxylic acids is 1. The van der Waals surface area contributed by atoms with Crippen molar-refractivity contribution in [3.63, 3.8) is 0 Å². The van der Waals surface area contributed by atoms with Gasteiger partial charge in [-0.2, -0.15) is 0 Å². The molecular weight excluding hydrogens is 200 g/mol. The third kappa shape index (κ3) is 1.06. The molecule has 1 saturated heterocycles. The van der Waals surface area contributed by atoms with Crippen molar-refractivity contribution in [2.75, 3.05) is 0 Å². The second kappa shape index (κ2) is 2.92. The highest BCUT2D eigenvalue weighted by atomic mass is 16.6. The highest BCUT2D eigenvalue weighted by Gasteiger charge is 2.61. The Labute approximate surface area is 85.7 Å². The first-order valence-electron chi connectivity index (χ1n) is 4.70. The van der Waals surface area contributed by atoms with Crippen LogP contribution in [0, 0.1) is 5.41 Å². The quantitative estimate of drug-likeness (QED) is 0.507. The molecule has 0 aromatic carbocycles. The van der Waals surface area contributed by atoms with E-state index < -0.39 is 23.3 Å². The molecular formula is C10H10O5. The summed E-state index contributed by atoms with van der Waals surface area (Å²) >= 11 is 0. The Kier molecular flexibility index (Phi) is 1.92. The predicted octanol–water partition coefficient (Wildman–Crippen LogP) is 0.641. The van der Waals surface area contributed by atoms with Gasteiger partial charge in [-0.1, -0.05) is 5.57 Å². The van der Waals surface area contributed by atoms with Gasteiger partial charge in [-0.3, -0.25) is 4.79 Å². The molecule has 0 bridgehead atoms. The van der Waals surface area contributed by atoms with Crippen LogP contribution in [-0.2, 0) is 19.1 Å². The molecule has 1 atom stereocenters. The molecule has 0 amide bonds. The lowest BCUT2D eigenvalue weighted by Crippen LogP contribution is -2.39. The summed E-state index contributed by atoms with van der Waals surface area (Å²) in [6.07, 6.45) is 1.39. The van der Waals surface area contributed by atoms with Gasteiger partial charge in [0.1, 0.15) is 0 Å². The fraction of sp³-hybridized carbons (Fsp3) is 0.500. The van der Waals surface area contributed by atoms with E-state index in [9.17, 15) is 14.4 Å². The second-order valence-electron chi connectivity index (χ2n) is 3.90. The number of aliphatic carboxylic acids is 1. The van der Waals surface area contributed by atoms with Crippen molar-refractivity contribution in [2.24, 2.45) is 5.41 Å². The Bertz CT molecular complexity index is 406. The van der Waals surface area contributed by atoms with E-state index >= 15 is 0 Å². The molecule has 1 heterocycles. The number of cyclic esters (lactones) is 2. The number of fused-ring (bicyclic) bond motifs is 1. The average Bonchev–Trinajstić information content (AvgIpc) is 2.41. The summed E-state index contributed by atoms with van der Waals surface area (Å²) in [7, 11) is 0. The standard InChI is InChI=1S/C10H10O5/c1-5-3-2-4-10(8(12)13)6(5)7(11)15-9(10)14/h2-4H2,1H3,(H,12,13). The van der Waals surface area contributed by atoms with Crippen LogP contribution in [0.4, 0.5) is 0 Å². The van der Waals surface area contributed by atoms with Gasteiger partial charge in [-0.05, 0) is 26.2 Å². The Balaban J connectivity index is 2.67. The number of hydrogen-bond donors (Lipinski definition) is 1. The van der Waals surface area contributed by atoms with Gasteiger partial charge in [0, 0.05) is 0 Å². The van der Waals surface area contributed by atoms with Crippen molar-refractivity contribution in [1.29, 1.82) is 0 Å². The molecule has 80 valence electrons. The first kappa shape index (κ1) is 9.89. The van der Waals surface area contributed by atoms with E-state index in [1.54, 1.807) is 6.92 Å². The van der Waals surface area contributed by atoms with Crippen LogP contribution in [0.15, 0.2) is 11.1 Å². The van der Waals surface area contributed by atoms with E-state index in [2.05, 4.69) is 4.74 Å². The van der Waals surface area contributed by atoms with Gasteiger partial charge >= 0.3 is 17.9 Å². The lowest BCUT2D eigenvalue weighted by Gasteiger charge is -2.25. The normalized spacial score (nSPS) is 30.2. The highest BCUT2D eigenvalue weighted by Crippen LogP contribution is 2.46. The zero-order chi connectivity index (χ0) is 11.2. The van der Waals surface area contributed by atoms with Gasteiger partial charge in [0.15, 0.2) is 5.41 Å². The molecule has 15 heavy (non-hydrogen) atoms. The number of hydrogen-bond acceptors (Lipinski definition) is 4. The van der Waals surface area contributed by atoms with Crippen LogP contribution in [-0.4, -0.2) is 23.0 Å². The molecule has 1 aliphatic carbocycles. The summed E-state index contributed by atoms with van der Waals surface area (Å²) in [6.45, 7) is 1.67. The van der Waals surface area contributed by atoms with Crippen LogP contribution in [0.3, 0.4) is 0 Å². The number of esters is 2. The molecule has 1 N–H and O–H groups in total. The fourth-order valence-corrected chi connectivity index (χ4v) is 2.31. The highest BCUT2D eigenvalue weighted by molar-refractivity contribution is 6.20. The minimum atomic E-state index is -1.72. The number of allylic oxidation sites excluding steroid dienone is 1. The Morgan fingerprint density at radius 2 is 2.13 bits per heavy atom. The predicted molar refractivity (Wildman–Crippen MR) is 47.7 cm³/mol. The van der Waals surface area contributed by atoms with Crippen molar-refractivity contribution in [3.8, 4) is 0 Å². The monoisotopic (exact) mass is 210 g/mol. The largest absolute Gasteiger partial charge is 0.480 e. The number of rotatable bonds is 1. The van der Waals surface area contributed by atoms with Crippen LogP contribution >= 0.6 is 0 Å². The Morgan fingerprint density at radius 1 is 1.47 bits per heavy atom. The molecule has 0 radical (unpaired) electrons. The van der Waals surface area contributed by atoms with Crippen LogP contribution in [0.25, 0.3) is 0 Å². The van der Waals surface area contributed by atoms with Crippen molar-refractivity contribution in [1.82, 2.24) is 0 Å². The summed E-state index contributed by atoms with van der Waals surface area (Å²) < 4.78 is 4.43. The lowest BCUT2D eigenvalue weighted by atomic mass is 9.71. The molecule has 1 fully saturated rings. The molecule has 1 aliphatic heterocycles. The maximum absolute atomic E-state index is 11.5. The summed E-state index contributed by atoms with van der Waals surface area (Å²) in [5.41, 5.74) is -1.02. The minimum Gasteiger partial charge on any atom is -0.480 e. The Morgan fingerprint density at radius 3 is 2.67 bits per heavy atom. The topological polar surface area (TPSA) is 80.7 Å². The maximum Gasteiger partial charge on any atom is 0.343 e. The maximum atomic E-state index is 11.5. The van der Waals surface area contributed by atoms with Crippen LogP contribution in [0.1, 0.15) is 26.2 Å². The Hall–Kier alpha value is -1.65. The van der Waals surface area contributed by atoms with Crippen molar-refractivity contribution in [2.45, 2.75) is 26.2 Å². The van der Waals surface area contributed by atoms with Gasteiger partial charge in [0.25, 0.3) is 0 Å². The van der Waals surface area contributed by atoms with E-state index in [4.69, 9.17) is 5.11 Å². The first-order chi connectivity index (χ1) is 7.00. The number of carbonyl (C=O) groups is 3. The minimum absolute atomic E-state index is 0.0475. The molecule has 2 rings (SSSR count). The summed E-state index contributed by atoms with van der Waals surface area (Å²) in [5, 5.41) is 9.12. The van der Waals surface area contributed by atoms with Crippen LogP contribution in [0.5, 0.6) is 0 Å². The molecule has 5 heteroatoms. The van der Waals surface area contributed by atoms with E-state index in [0.717, 1.165) is 0 Å². The van der Waals surface area contributed by atoms with Crippen molar-refractivity contribution < 1.29 is 24.2 Å². The van der Waals surface area contributed by atoms with Gasteiger partial charge in [-0.25, -0.2) is 9.59 Å². The fourth-order valence-electron chi connectivity index (χ4n) is 2.31. The number of carboxylic acid groups (broad SMARTS) is 1. The third-order valence-electron chi connectivity index (χ3n) is 3.06. The molecule has 5 nitrogen and oxygen atoms in total. The molecule has 0 spiro atoms. The zero-order valence-corrected chi connectivity index (χ0v) is 8.20. The molecule has 0 aromatic rings. The summed E-state index contributed by atoms with van der Waals surface area (Å²) in [4.78, 5) is 34.0. The second-order valence-corrected chi connectivity index (χ2v) is 3.90. The van der Waals surface area contributed by atoms with E-state index in [1.165, 1.54) is 0 Å². The SMILES string of the molecule is CC1=C2C(=O)OC(=O)C2(C(=O)O)CCC1. The van der Waals surface area contributed by atoms with Crippen LogP contribution in [0.2, 0.25) is 0 Å². The van der Waals surface area contributed by atoms with E-state index in [1.807, 2.05) is 0 Å². The third-order valence-corrected chi connectivity index (χ3v) is 3.06. The molecule has 0 aromatic heterocycles. The average molecular weight is 210 g/mol. The van der Waals surface area contributed by atoms with Gasteiger partial charge in [0.05, 0.1) is 5.57 Å². The molecule has 0 saturated carbocycles. The van der Waals surface area contributed by atoms with Crippen LogP contribution < -0.4 is 0 Å². The first-order valence-corrected chi connectivity index (χ1v) is 4.70. The van der Waals surface area contributed by atoms with Gasteiger partial charge in [-0.15, -0.1) is 0 Å². The smallest absolute Gasteiger partial charge is 0.343 e. The number of carbonyl (C=O) groups excluding carboxylic acids is 2. The van der Waals surface area contributed by atoms with Crippen molar-refractivity contribution in [3.05, 3.63) is 11.1 Å². The molecule has 1 unspecified atom stereocenters.